The van der Waals surface area contributed by atoms with Crippen LogP contribution in [0.5, 0.6) is 0 Å². The largest absolute Gasteiger partial charge is 0.361 e. The number of thioether (sulfide) groups is 1. The van der Waals surface area contributed by atoms with Crippen molar-refractivity contribution >= 4 is 23.6 Å². The van der Waals surface area contributed by atoms with Crippen molar-refractivity contribution in [2.24, 2.45) is 0 Å². The number of hydrogen-bond acceptors (Lipinski definition) is 8. The Labute approximate surface area is 167 Å². The molecular weight excluding hydrogens is 378 g/mol. The van der Waals surface area contributed by atoms with E-state index < -0.39 is 0 Å². The van der Waals surface area contributed by atoms with Crippen LogP contribution >= 0.6 is 11.8 Å². The highest BCUT2D eigenvalue weighted by molar-refractivity contribution is 7.98. The van der Waals surface area contributed by atoms with Gasteiger partial charge in [0.2, 0.25) is 5.89 Å². The van der Waals surface area contributed by atoms with E-state index in [2.05, 4.69) is 20.6 Å². The van der Waals surface area contributed by atoms with Crippen molar-refractivity contribution in [3.8, 4) is 0 Å². The summed E-state index contributed by atoms with van der Waals surface area (Å²) in [6.07, 6.45) is 0.473. The summed E-state index contributed by atoms with van der Waals surface area (Å²) in [5.74, 6) is 2.38. The number of nitrogens with one attached hydrogen (secondary N) is 1. The quantitative estimate of drug-likeness (QED) is 0.575. The highest BCUT2D eigenvalue weighted by Gasteiger charge is 2.15. The first kappa shape index (κ1) is 19.9. The summed E-state index contributed by atoms with van der Waals surface area (Å²) in [7, 11) is 3.68. The van der Waals surface area contributed by atoms with Crippen LogP contribution in [0.15, 0.2) is 38.2 Å². The maximum atomic E-state index is 12.6. The maximum Gasteiger partial charge on any atom is 0.265 e. The van der Waals surface area contributed by atoms with Crippen molar-refractivity contribution < 1.29 is 13.8 Å². The minimum Gasteiger partial charge on any atom is -0.361 e. The SMILES string of the molecule is Cc1noc(C)c1CSc1ccccc1C(=O)NCCc1nc(N(C)C)no1. The van der Waals surface area contributed by atoms with Crippen molar-refractivity contribution in [3.63, 3.8) is 0 Å². The second-order valence-electron chi connectivity index (χ2n) is 6.48. The number of hydrogen-bond donors (Lipinski definition) is 1. The zero-order valence-electron chi connectivity index (χ0n) is 16.4. The molecule has 0 saturated heterocycles. The summed E-state index contributed by atoms with van der Waals surface area (Å²) in [6.45, 7) is 4.23. The highest BCUT2D eigenvalue weighted by atomic mass is 32.2. The molecule has 0 aliphatic heterocycles. The van der Waals surface area contributed by atoms with E-state index >= 15 is 0 Å². The zero-order valence-corrected chi connectivity index (χ0v) is 17.2. The molecule has 0 aliphatic carbocycles. The number of anilines is 1. The van der Waals surface area contributed by atoms with E-state index in [4.69, 9.17) is 9.05 Å². The summed E-state index contributed by atoms with van der Waals surface area (Å²) in [5.41, 5.74) is 2.58. The molecule has 2 heterocycles. The van der Waals surface area contributed by atoms with Gasteiger partial charge in [-0.3, -0.25) is 4.79 Å². The van der Waals surface area contributed by atoms with Crippen LogP contribution in [-0.2, 0) is 12.2 Å². The maximum absolute atomic E-state index is 12.6. The van der Waals surface area contributed by atoms with Gasteiger partial charge in [-0.15, -0.1) is 11.8 Å². The lowest BCUT2D eigenvalue weighted by Crippen LogP contribution is -2.26. The van der Waals surface area contributed by atoms with Gasteiger partial charge in [-0.05, 0) is 31.1 Å². The minimum atomic E-state index is -0.130. The Morgan fingerprint density at radius 1 is 1.18 bits per heavy atom. The van der Waals surface area contributed by atoms with Crippen LogP contribution in [0.25, 0.3) is 0 Å². The van der Waals surface area contributed by atoms with Crippen LogP contribution < -0.4 is 10.2 Å². The Morgan fingerprint density at radius 2 is 1.96 bits per heavy atom. The van der Waals surface area contributed by atoms with Gasteiger partial charge in [0.1, 0.15) is 5.76 Å². The van der Waals surface area contributed by atoms with Crippen LogP contribution in [0.1, 0.15) is 33.3 Å². The van der Waals surface area contributed by atoms with Crippen LogP contribution in [0.3, 0.4) is 0 Å². The second kappa shape index (κ2) is 8.92. The van der Waals surface area contributed by atoms with Gasteiger partial charge in [-0.2, -0.15) is 4.98 Å². The molecule has 1 N–H and O–H groups in total. The van der Waals surface area contributed by atoms with Crippen LogP contribution in [-0.4, -0.2) is 41.8 Å². The van der Waals surface area contributed by atoms with Crippen LogP contribution in [0.2, 0.25) is 0 Å². The van der Waals surface area contributed by atoms with E-state index in [1.807, 2.05) is 52.2 Å². The number of amides is 1. The fourth-order valence-electron chi connectivity index (χ4n) is 2.55. The third-order valence-electron chi connectivity index (χ3n) is 4.17. The van der Waals surface area contributed by atoms with E-state index in [1.165, 1.54) is 0 Å². The molecule has 0 radical (unpaired) electrons. The Bertz CT molecular complexity index is 931. The van der Waals surface area contributed by atoms with Crippen LogP contribution in [0, 0.1) is 13.8 Å². The predicted octanol–water partition coefficient (Wildman–Crippen LogP) is 3.01. The molecule has 8 nitrogen and oxygen atoms in total. The summed E-state index contributed by atoms with van der Waals surface area (Å²) in [6, 6.07) is 7.55. The molecule has 2 aromatic heterocycles. The highest BCUT2D eigenvalue weighted by Crippen LogP contribution is 2.28. The van der Waals surface area contributed by atoms with Gasteiger partial charge in [0.25, 0.3) is 11.9 Å². The summed E-state index contributed by atoms with van der Waals surface area (Å²) < 4.78 is 10.4. The molecule has 28 heavy (non-hydrogen) atoms. The van der Waals surface area contributed by atoms with Crippen molar-refractivity contribution in [2.45, 2.75) is 30.9 Å². The zero-order chi connectivity index (χ0) is 20.1. The molecule has 0 bridgehead atoms. The smallest absolute Gasteiger partial charge is 0.265 e. The lowest BCUT2D eigenvalue weighted by Gasteiger charge is -2.09. The molecule has 9 heteroatoms. The average molecular weight is 401 g/mol. The van der Waals surface area contributed by atoms with Gasteiger partial charge in [-0.1, -0.05) is 17.3 Å². The van der Waals surface area contributed by atoms with E-state index in [-0.39, 0.29) is 5.91 Å². The normalized spacial score (nSPS) is 10.9. The number of aromatic nitrogens is 3. The third kappa shape index (κ3) is 4.72. The summed E-state index contributed by atoms with van der Waals surface area (Å²) >= 11 is 1.59. The molecule has 148 valence electrons. The van der Waals surface area contributed by atoms with Gasteiger partial charge >= 0.3 is 0 Å². The van der Waals surface area contributed by atoms with Gasteiger partial charge in [-0.25, -0.2) is 0 Å². The molecular formula is C19H23N5O3S. The Hall–Kier alpha value is -2.81. The molecule has 0 saturated carbocycles. The van der Waals surface area contributed by atoms with E-state index in [0.29, 0.717) is 36.1 Å². The van der Waals surface area contributed by atoms with Crippen molar-refractivity contribution in [1.82, 2.24) is 20.6 Å². The number of rotatable bonds is 8. The van der Waals surface area contributed by atoms with E-state index in [0.717, 1.165) is 21.9 Å². The Kier molecular flexibility index (Phi) is 6.35. The van der Waals surface area contributed by atoms with Gasteiger partial charge in [0, 0.05) is 43.3 Å². The van der Waals surface area contributed by atoms with Crippen molar-refractivity contribution in [3.05, 3.63) is 52.7 Å². The van der Waals surface area contributed by atoms with E-state index in [1.54, 1.807) is 16.7 Å². The molecule has 0 aliphatic rings. The molecule has 0 fully saturated rings. The third-order valence-corrected chi connectivity index (χ3v) is 5.27. The number of nitrogens with zero attached hydrogens (tertiary/aromatic N) is 4. The molecule has 0 atom stereocenters. The van der Waals surface area contributed by atoms with Gasteiger partial charge in [0.15, 0.2) is 0 Å². The topological polar surface area (TPSA) is 97.3 Å². The molecule has 3 aromatic rings. The summed E-state index contributed by atoms with van der Waals surface area (Å²) in [4.78, 5) is 19.6. The first-order chi connectivity index (χ1) is 13.5. The lowest BCUT2D eigenvalue weighted by atomic mass is 10.2. The molecule has 1 aromatic carbocycles. The predicted molar refractivity (Wildman–Crippen MR) is 107 cm³/mol. The van der Waals surface area contributed by atoms with Crippen molar-refractivity contribution in [2.75, 3.05) is 25.5 Å². The molecule has 3 rings (SSSR count). The molecule has 1 amide bonds. The molecule has 0 spiro atoms. The van der Waals surface area contributed by atoms with Gasteiger partial charge in [0.05, 0.1) is 11.3 Å². The molecule has 0 unspecified atom stereocenters. The van der Waals surface area contributed by atoms with Crippen LogP contribution in [0.4, 0.5) is 5.95 Å². The lowest BCUT2D eigenvalue weighted by molar-refractivity contribution is 0.0950. The number of benzene rings is 1. The standard InChI is InChI=1S/C19H23N5O3S/c1-12-15(13(2)26-22-12)11-28-16-8-6-5-7-14(16)18(25)20-10-9-17-21-19(23-27-17)24(3)4/h5-8H,9-11H2,1-4H3,(H,20,25). The minimum absolute atomic E-state index is 0.130. The average Bonchev–Trinajstić information content (AvgIpc) is 3.27. The van der Waals surface area contributed by atoms with Crippen molar-refractivity contribution in [1.29, 1.82) is 0 Å². The summed E-state index contributed by atoms with van der Waals surface area (Å²) in [5, 5.41) is 10.8. The number of carbonyl (C=O) groups excluding carboxylic acids is 1. The number of carbonyl (C=O) groups is 1. The second-order valence-corrected chi connectivity index (χ2v) is 7.49. The fourth-order valence-corrected chi connectivity index (χ4v) is 3.75. The number of aryl methyl sites for hydroxylation is 2. The first-order valence-corrected chi connectivity index (χ1v) is 9.86. The van der Waals surface area contributed by atoms with Gasteiger partial charge < -0.3 is 19.3 Å². The fraction of sp³-hybridized carbons (Fsp3) is 0.368. The first-order valence-electron chi connectivity index (χ1n) is 8.87. The Morgan fingerprint density at radius 3 is 2.64 bits per heavy atom. The monoisotopic (exact) mass is 401 g/mol. The Balaban J connectivity index is 1.59. The van der Waals surface area contributed by atoms with E-state index in [9.17, 15) is 4.79 Å².